The van der Waals surface area contributed by atoms with Crippen LogP contribution in [0.15, 0.2) is 30.9 Å². The first kappa shape index (κ1) is 18.4. The Hall–Kier alpha value is -2.97. The highest BCUT2D eigenvalue weighted by Crippen LogP contribution is 2.39. The van der Waals surface area contributed by atoms with E-state index in [1.807, 2.05) is 17.5 Å². The van der Waals surface area contributed by atoms with E-state index in [9.17, 15) is 18.0 Å². The zero-order valence-corrected chi connectivity index (χ0v) is 15.0. The van der Waals surface area contributed by atoms with E-state index in [0.717, 1.165) is 24.7 Å². The summed E-state index contributed by atoms with van der Waals surface area (Å²) in [5.41, 5.74) is 0.734. The fourth-order valence-electron chi connectivity index (χ4n) is 2.98. The summed E-state index contributed by atoms with van der Waals surface area (Å²) in [6, 6.07) is 1.75. The molecule has 9 heteroatoms. The van der Waals surface area contributed by atoms with Crippen molar-refractivity contribution >= 4 is 11.4 Å². The van der Waals surface area contributed by atoms with Crippen LogP contribution >= 0.6 is 0 Å². The lowest BCUT2D eigenvalue weighted by molar-refractivity contribution is -0.141. The van der Waals surface area contributed by atoms with Crippen molar-refractivity contribution in [1.82, 2.24) is 19.4 Å². The van der Waals surface area contributed by atoms with Crippen LogP contribution in [0.2, 0.25) is 0 Å². The van der Waals surface area contributed by atoms with Crippen LogP contribution in [0, 0.1) is 0 Å². The third-order valence-electron chi connectivity index (χ3n) is 4.51. The molecular weight excluding hydrogens is 373 g/mol. The molecule has 0 atom stereocenters. The zero-order chi connectivity index (χ0) is 19.9. The molecule has 0 unspecified atom stereocenters. The van der Waals surface area contributed by atoms with Gasteiger partial charge in [0.2, 0.25) is 0 Å². The summed E-state index contributed by atoms with van der Waals surface area (Å²) >= 11 is 0. The third-order valence-corrected chi connectivity index (χ3v) is 4.51. The van der Waals surface area contributed by atoms with Crippen LogP contribution in [0.5, 0.6) is 5.75 Å². The van der Waals surface area contributed by atoms with Crippen molar-refractivity contribution in [2.45, 2.75) is 38.3 Å². The molecule has 1 aliphatic carbocycles. The monoisotopic (exact) mass is 390 g/mol. The molecule has 28 heavy (non-hydrogen) atoms. The summed E-state index contributed by atoms with van der Waals surface area (Å²) in [5.74, 6) is 0.388. The van der Waals surface area contributed by atoms with Crippen molar-refractivity contribution in [3.05, 3.63) is 53.5 Å². The number of aromatic nitrogens is 4. The Bertz CT molecular complexity index is 1040. The number of fused-ring (bicyclic) bond motifs is 1. The minimum atomic E-state index is -4.66. The number of ether oxygens (including phenoxy) is 1. The van der Waals surface area contributed by atoms with Crippen molar-refractivity contribution in [1.29, 1.82) is 0 Å². The predicted molar refractivity (Wildman–Crippen MR) is 93.4 cm³/mol. The number of halogens is 3. The second-order valence-corrected chi connectivity index (χ2v) is 6.69. The molecule has 0 spiro atoms. The Morgan fingerprint density at radius 1 is 1.25 bits per heavy atom. The van der Waals surface area contributed by atoms with Gasteiger partial charge in [0.25, 0.3) is 0 Å². The number of ketones is 1. The van der Waals surface area contributed by atoms with Crippen LogP contribution in [0.1, 0.15) is 53.1 Å². The molecule has 146 valence electrons. The maximum absolute atomic E-state index is 12.8. The van der Waals surface area contributed by atoms with Gasteiger partial charge in [0, 0.05) is 36.4 Å². The highest BCUT2D eigenvalue weighted by atomic mass is 19.4. The predicted octanol–water partition coefficient (Wildman–Crippen LogP) is 3.84. The third kappa shape index (κ3) is 3.69. The normalized spacial score (nSPS) is 14.4. The lowest BCUT2D eigenvalue weighted by Crippen LogP contribution is -2.14. The van der Waals surface area contributed by atoms with E-state index < -0.39 is 17.7 Å². The summed E-state index contributed by atoms with van der Waals surface area (Å²) in [5, 5.41) is 0. The van der Waals surface area contributed by atoms with Crippen molar-refractivity contribution in [2.75, 3.05) is 6.61 Å². The van der Waals surface area contributed by atoms with Crippen molar-refractivity contribution < 1.29 is 22.7 Å². The molecule has 0 aromatic carbocycles. The fraction of sp³-hybridized carbons (Fsp3) is 0.368. The van der Waals surface area contributed by atoms with Gasteiger partial charge in [-0.3, -0.25) is 9.78 Å². The van der Waals surface area contributed by atoms with Gasteiger partial charge in [0.1, 0.15) is 17.1 Å². The zero-order valence-electron chi connectivity index (χ0n) is 15.0. The second-order valence-electron chi connectivity index (χ2n) is 6.69. The van der Waals surface area contributed by atoms with Crippen LogP contribution in [0.3, 0.4) is 0 Å². The molecule has 3 aromatic heterocycles. The van der Waals surface area contributed by atoms with E-state index in [0.29, 0.717) is 35.7 Å². The van der Waals surface area contributed by atoms with Gasteiger partial charge in [-0.05, 0) is 19.8 Å². The van der Waals surface area contributed by atoms with Gasteiger partial charge in [0.15, 0.2) is 11.5 Å². The minimum absolute atomic E-state index is 0.155. The first-order valence-corrected chi connectivity index (χ1v) is 8.92. The van der Waals surface area contributed by atoms with E-state index in [4.69, 9.17) is 4.74 Å². The van der Waals surface area contributed by atoms with Gasteiger partial charge in [-0.2, -0.15) is 13.2 Å². The molecule has 6 nitrogen and oxygen atoms in total. The Morgan fingerprint density at radius 2 is 2.04 bits per heavy atom. The fourth-order valence-corrected chi connectivity index (χ4v) is 2.98. The molecule has 0 N–H and O–H groups in total. The lowest BCUT2D eigenvalue weighted by Gasteiger charge is -2.11. The Kier molecular flexibility index (Phi) is 4.52. The summed E-state index contributed by atoms with van der Waals surface area (Å²) in [4.78, 5) is 24.1. The Balaban J connectivity index is 1.66. The largest absolute Gasteiger partial charge is 0.493 e. The highest BCUT2D eigenvalue weighted by molar-refractivity contribution is 5.95. The lowest BCUT2D eigenvalue weighted by atomic mass is 10.1. The molecule has 1 aliphatic rings. The quantitative estimate of drug-likeness (QED) is 0.598. The van der Waals surface area contributed by atoms with Crippen molar-refractivity contribution in [3.8, 4) is 5.75 Å². The molecule has 1 fully saturated rings. The molecule has 3 aromatic rings. The van der Waals surface area contributed by atoms with E-state index in [1.54, 1.807) is 12.3 Å². The number of carbonyl (C=O) groups is 1. The van der Waals surface area contributed by atoms with E-state index >= 15 is 0 Å². The average molecular weight is 390 g/mol. The number of alkyl halides is 3. The maximum Gasteiger partial charge on any atom is 0.434 e. The minimum Gasteiger partial charge on any atom is -0.493 e. The standard InChI is InChI=1S/C19H17F3N4O2/c1-2-28-16-6-18-25-14(11-3-4-11)10-26(18)9-12(16)5-15(27)13-7-23-8-17(24-13)19(20,21)22/h6-11H,2-5H2,1H3. The molecule has 0 aliphatic heterocycles. The second kappa shape index (κ2) is 6.88. The number of rotatable bonds is 6. The average Bonchev–Trinajstić information content (AvgIpc) is 3.42. The highest BCUT2D eigenvalue weighted by Gasteiger charge is 2.33. The van der Waals surface area contributed by atoms with Crippen LogP contribution in [0.4, 0.5) is 13.2 Å². The first-order valence-electron chi connectivity index (χ1n) is 8.92. The summed E-state index contributed by atoms with van der Waals surface area (Å²) < 4.78 is 45.9. The molecule has 0 bridgehead atoms. The summed E-state index contributed by atoms with van der Waals surface area (Å²) in [6.07, 6.45) is 2.70. The first-order chi connectivity index (χ1) is 13.3. The smallest absolute Gasteiger partial charge is 0.434 e. The number of nitrogens with zero attached hydrogens (tertiary/aromatic N) is 4. The maximum atomic E-state index is 12.8. The molecule has 4 rings (SSSR count). The van der Waals surface area contributed by atoms with E-state index in [1.165, 1.54) is 0 Å². The number of pyridine rings is 1. The van der Waals surface area contributed by atoms with Crippen LogP contribution in [-0.2, 0) is 12.6 Å². The van der Waals surface area contributed by atoms with E-state index in [-0.39, 0.29) is 12.1 Å². The summed E-state index contributed by atoms with van der Waals surface area (Å²) in [7, 11) is 0. The van der Waals surface area contributed by atoms with E-state index in [2.05, 4.69) is 15.0 Å². The van der Waals surface area contributed by atoms with Gasteiger partial charge >= 0.3 is 6.18 Å². The number of hydrogen-bond donors (Lipinski definition) is 0. The van der Waals surface area contributed by atoms with Gasteiger partial charge in [-0.15, -0.1) is 0 Å². The van der Waals surface area contributed by atoms with Gasteiger partial charge in [-0.25, -0.2) is 9.97 Å². The Morgan fingerprint density at radius 3 is 2.71 bits per heavy atom. The molecule has 0 amide bonds. The number of hydrogen-bond acceptors (Lipinski definition) is 5. The molecule has 0 radical (unpaired) electrons. The molecule has 1 saturated carbocycles. The van der Waals surface area contributed by atoms with Gasteiger partial charge in [0.05, 0.1) is 24.7 Å². The van der Waals surface area contributed by atoms with Gasteiger partial charge in [-0.1, -0.05) is 0 Å². The number of Topliss-reactive ketones (excluding diaryl/α,β-unsaturated/α-hetero) is 1. The van der Waals surface area contributed by atoms with Crippen molar-refractivity contribution in [2.24, 2.45) is 0 Å². The van der Waals surface area contributed by atoms with Crippen LogP contribution in [0.25, 0.3) is 5.65 Å². The van der Waals surface area contributed by atoms with Gasteiger partial charge < -0.3 is 9.14 Å². The molecule has 3 heterocycles. The van der Waals surface area contributed by atoms with Crippen LogP contribution < -0.4 is 4.74 Å². The Labute approximate surface area is 158 Å². The molecular formula is C19H17F3N4O2. The SMILES string of the molecule is CCOc1cc2nc(C3CC3)cn2cc1CC(=O)c1cncc(C(F)(F)F)n1. The van der Waals surface area contributed by atoms with Crippen LogP contribution in [-0.4, -0.2) is 31.7 Å². The molecule has 0 saturated heterocycles. The van der Waals surface area contributed by atoms with Crippen molar-refractivity contribution in [3.63, 3.8) is 0 Å². The number of imidazole rings is 1. The topological polar surface area (TPSA) is 69.4 Å². The summed E-state index contributed by atoms with van der Waals surface area (Å²) in [6.45, 7) is 2.20. The number of carbonyl (C=O) groups excluding carboxylic acids is 1.